The van der Waals surface area contributed by atoms with Gasteiger partial charge in [-0.2, -0.15) is 0 Å². The molecule has 6 nitrogen and oxygen atoms in total. The van der Waals surface area contributed by atoms with E-state index in [1.54, 1.807) is 6.07 Å². The third kappa shape index (κ3) is 7.70. The Bertz CT molecular complexity index is 1290. The molecule has 0 atom stereocenters. The van der Waals surface area contributed by atoms with Crippen LogP contribution in [0.25, 0.3) is 11.3 Å². The predicted octanol–water partition coefficient (Wildman–Crippen LogP) is 5.96. The highest BCUT2D eigenvalue weighted by atomic mass is 32.2. The zero-order valence-electron chi connectivity index (χ0n) is 23.9. The molecule has 1 aromatic carbocycles. The number of hydrogen-bond acceptors (Lipinski definition) is 4. The molecule has 8 heteroatoms. The lowest BCUT2D eigenvalue weighted by Gasteiger charge is -2.27. The van der Waals surface area contributed by atoms with Crippen molar-refractivity contribution >= 4 is 19.9 Å². The lowest BCUT2D eigenvalue weighted by atomic mass is 9.79. The van der Waals surface area contributed by atoms with E-state index in [2.05, 4.69) is 69.0 Å². The van der Waals surface area contributed by atoms with Crippen LogP contribution >= 0.6 is 0 Å². The molecule has 0 unspecified atom stereocenters. The minimum atomic E-state index is -3.88. The first-order chi connectivity index (χ1) is 16.9. The van der Waals surface area contributed by atoms with Gasteiger partial charge in [-0.1, -0.05) is 66.9 Å². The summed E-state index contributed by atoms with van der Waals surface area (Å²) >= 11 is 0. The summed E-state index contributed by atoms with van der Waals surface area (Å²) in [4.78, 5) is 0.227. The summed E-state index contributed by atoms with van der Waals surface area (Å²) in [6.07, 6.45) is 7.11. The second-order valence-corrected chi connectivity index (χ2v) is 16.9. The lowest BCUT2D eigenvalue weighted by Crippen LogP contribution is -2.29. The summed E-state index contributed by atoms with van der Waals surface area (Å²) in [5.41, 5.74) is 4.94. The molecule has 0 spiro atoms. The molecule has 0 saturated heterocycles. The van der Waals surface area contributed by atoms with E-state index in [0.29, 0.717) is 11.6 Å². The number of rotatable bonds is 8. The Hall–Kier alpha value is -1.64. The number of sulfone groups is 1. The zero-order chi connectivity index (χ0) is 27.8. The molecule has 1 aromatic heterocycles. The maximum Gasteiger partial charge on any atom is 0.242 e. The van der Waals surface area contributed by atoms with Crippen LogP contribution in [0.3, 0.4) is 0 Å². The van der Waals surface area contributed by atoms with E-state index < -0.39 is 19.9 Å². The summed E-state index contributed by atoms with van der Waals surface area (Å²) in [6.45, 7) is 15.7. The van der Waals surface area contributed by atoms with Crippen LogP contribution in [0.1, 0.15) is 90.5 Å². The molecular formula is C29H46N2O4S2. The van der Waals surface area contributed by atoms with Crippen LogP contribution in [-0.4, -0.2) is 40.0 Å². The zero-order valence-corrected chi connectivity index (χ0v) is 25.6. The molecule has 208 valence electrons. The number of benzene rings is 1. The second kappa shape index (κ2) is 10.9. The fraction of sp³-hybridized carbons (Fsp3) is 0.655. The fourth-order valence-corrected chi connectivity index (χ4v) is 6.97. The Morgan fingerprint density at radius 2 is 1.41 bits per heavy atom. The number of hydrogen-bond donors (Lipinski definition) is 1. The average Bonchev–Trinajstić information content (AvgIpc) is 3.09. The maximum absolute atomic E-state index is 13.4. The van der Waals surface area contributed by atoms with Crippen molar-refractivity contribution < 1.29 is 16.8 Å². The quantitative estimate of drug-likeness (QED) is 0.439. The van der Waals surface area contributed by atoms with E-state index in [1.165, 1.54) is 30.4 Å². The van der Waals surface area contributed by atoms with Crippen molar-refractivity contribution in [3.05, 3.63) is 41.1 Å². The molecule has 1 fully saturated rings. The van der Waals surface area contributed by atoms with Gasteiger partial charge in [0, 0.05) is 30.7 Å². The summed E-state index contributed by atoms with van der Waals surface area (Å²) in [5, 5.41) is 0. The molecule has 37 heavy (non-hydrogen) atoms. The third-order valence-electron chi connectivity index (χ3n) is 7.50. The molecule has 1 heterocycles. The molecular weight excluding hydrogens is 504 g/mol. The van der Waals surface area contributed by atoms with Crippen molar-refractivity contribution in [1.82, 2.24) is 9.29 Å². The largest absolute Gasteiger partial charge is 0.343 e. The fourth-order valence-electron chi connectivity index (χ4n) is 5.08. The number of nitrogens with one attached hydrogen (secondary N) is 1. The van der Waals surface area contributed by atoms with Crippen LogP contribution in [0.15, 0.2) is 29.2 Å². The summed E-state index contributed by atoms with van der Waals surface area (Å²) in [6, 6.07) is 8.47. The lowest BCUT2D eigenvalue weighted by molar-refractivity contribution is 0.318. The first kappa shape index (κ1) is 29.9. The van der Waals surface area contributed by atoms with Crippen LogP contribution < -0.4 is 4.72 Å². The highest BCUT2D eigenvalue weighted by Gasteiger charge is 2.27. The summed E-state index contributed by atoms with van der Waals surface area (Å²) in [5.74, 6) is 0.281. The summed E-state index contributed by atoms with van der Waals surface area (Å²) in [7, 11) is -7.15. The standard InChI is InChI=1S/C29H46N2O4S2/c1-21-27(37(34,35)30-14-15-36(8,32)33)19-26(31(21)20-22-12-10-9-11-13-22)23-16-24(28(2,3)4)18-25(17-23)29(5,6)7/h16-19,22,30H,9-15,20H2,1-8H3. The second-order valence-electron chi connectivity index (χ2n) is 12.9. The van der Waals surface area contributed by atoms with Crippen molar-refractivity contribution in [2.45, 2.75) is 103 Å². The van der Waals surface area contributed by atoms with E-state index in [-0.39, 0.29) is 28.0 Å². The van der Waals surface area contributed by atoms with Crippen molar-refractivity contribution in [3.8, 4) is 11.3 Å². The Morgan fingerprint density at radius 3 is 1.89 bits per heavy atom. The van der Waals surface area contributed by atoms with Crippen molar-refractivity contribution in [3.63, 3.8) is 0 Å². The van der Waals surface area contributed by atoms with Gasteiger partial charge in [-0.25, -0.2) is 21.6 Å². The highest BCUT2D eigenvalue weighted by molar-refractivity contribution is 7.91. The van der Waals surface area contributed by atoms with Gasteiger partial charge in [-0.05, 0) is 71.4 Å². The molecule has 1 aliphatic rings. The van der Waals surface area contributed by atoms with Gasteiger partial charge in [0.15, 0.2) is 0 Å². The molecule has 3 rings (SSSR count). The molecule has 0 aliphatic heterocycles. The SMILES string of the molecule is Cc1c(S(=O)(=O)NCCS(C)(=O)=O)cc(-c2cc(C(C)(C)C)cc(C(C)(C)C)c2)n1CC1CCCCC1. The monoisotopic (exact) mass is 550 g/mol. The smallest absolute Gasteiger partial charge is 0.242 e. The molecule has 0 radical (unpaired) electrons. The van der Waals surface area contributed by atoms with Gasteiger partial charge in [-0.3, -0.25) is 0 Å². The van der Waals surface area contributed by atoms with Gasteiger partial charge in [0.2, 0.25) is 10.0 Å². The van der Waals surface area contributed by atoms with Gasteiger partial charge in [-0.15, -0.1) is 0 Å². The van der Waals surface area contributed by atoms with E-state index in [1.807, 2.05) is 6.92 Å². The summed E-state index contributed by atoms with van der Waals surface area (Å²) < 4.78 is 54.6. The molecule has 0 amide bonds. The minimum absolute atomic E-state index is 0.0616. The van der Waals surface area contributed by atoms with Crippen molar-refractivity contribution in [2.24, 2.45) is 5.92 Å². The van der Waals surface area contributed by atoms with E-state index >= 15 is 0 Å². The van der Waals surface area contributed by atoms with Gasteiger partial charge < -0.3 is 4.57 Å². The third-order valence-corrected chi connectivity index (χ3v) is 10.0. The molecule has 2 aromatic rings. The van der Waals surface area contributed by atoms with Crippen LogP contribution in [0.4, 0.5) is 0 Å². The topological polar surface area (TPSA) is 85.2 Å². The first-order valence-electron chi connectivity index (χ1n) is 13.4. The van der Waals surface area contributed by atoms with E-state index in [0.717, 1.165) is 36.9 Å². The van der Waals surface area contributed by atoms with E-state index in [4.69, 9.17) is 0 Å². The normalized spacial score (nSPS) is 16.3. The van der Waals surface area contributed by atoms with E-state index in [9.17, 15) is 16.8 Å². The highest BCUT2D eigenvalue weighted by Crippen LogP contribution is 2.37. The maximum atomic E-state index is 13.4. The van der Waals surface area contributed by atoms with Gasteiger partial charge in [0.25, 0.3) is 0 Å². The Kier molecular flexibility index (Phi) is 8.77. The van der Waals surface area contributed by atoms with Crippen molar-refractivity contribution in [1.29, 1.82) is 0 Å². The van der Waals surface area contributed by atoms with Crippen LogP contribution in [0, 0.1) is 12.8 Å². The van der Waals surface area contributed by atoms with Gasteiger partial charge in [0.1, 0.15) is 14.7 Å². The van der Waals surface area contributed by atoms with Crippen LogP contribution in [0.2, 0.25) is 0 Å². The molecule has 1 saturated carbocycles. The number of aromatic nitrogens is 1. The Balaban J connectivity index is 2.17. The molecule has 1 N–H and O–H groups in total. The van der Waals surface area contributed by atoms with Crippen LogP contribution in [-0.2, 0) is 37.2 Å². The minimum Gasteiger partial charge on any atom is -0.343 e. The van der Waals surface area contributed by atoms with Crippen LogP contribution in [0.5, 0.6) is 0 Å². The Morgan fingerprint density at radius 1 is 0.865 bits per heavy atom. The molecule has 1 aliphatic carbocycles. The number of nitrogens with zero attached hydrogens (tertiary/aromatic N) is 1. The Labute approximate surface area is 225 Å². The average molecular weight is 551 g/mol. The van der Waals surface area contributed by atoms with Gasteiger partial charge in [0.05, 0.1) is 5.75 Å². The number of sulfonamides is 1. The van der Waals surface area contributed by atoms with Crippen molar-refractivity contribution in [2.75, 3.05) is 18.6 Å². The first-order valence-corrected chi connectivity index (χ1v) is 17.0. The predicted molar refractivity (Wildman–Crippen MR) is 153 cm³/mol. The van der Waals surface area contributed by atoms with Gasteiger partial charge >= 0.3 is 0 Å². The molecule has 0 bridgehead atoms.